The number of benzene rings is 1. The van der Waals surface area contributed by atoms with Crippen molar-refractivity contribution in [3.8, 4) is 0 Å². The minimum atomic E-state index is -1.17. The Balaban J connectivity index is 0.00000169. The van der Waals surface area contributed by atoms with Crippen molar-refractivity contribution in [1.29, 1.82) is 0 Å². The number of ether oxygens (including phenoxy) is 1. The van der Waals surface area contributed by atoms with Crippen LogP contribution < -0.4 is 40.0 Å². The van der Waals surface area contributed by atoms with E-state index in [0.717, 1.165) is 5.69 Å². The molecule has 0 aliphatic rings. The van der Waals surface area contributed by atoms with Crippen molar-refractivity contribution < 1.29 is 44.2 Å². The Bertz CT molecular complexity index is 287. The number of hydrogen-bond acceptors (Lipinski definition) is 4. The fourth-order valence-electron chi connectivity index (χ4n) is 0.880. The van der Waals surface area contributed by atoms with Crippen molar-refractivity contribution in [2.24, 2.45) is 0 Å². The topological polar surface area (TPSA) is 61.4 Å². The average molecular weight is 203 g/mol. The maximum absolute atomic E-state index is 10.4. The first-order valence-electron chi connectivity index (χ1n) is 3.78. The van der Waals surface area contributed by atoms with Crippen molar-refractivity contribution in [1.82, 2.24) is 0 Å². The minimum Gasteiger partial charge on any atom is -0.545 e. The van der Waals surface area contributed by atoms with Crippen LogP contribution in [-0.2, 0) is 4.74 Å². The molecule has 70 valence electrons. The molecule has 0 spiro atoms. The number of hydrogen-bond donors (Lipinski definition) is 1. The Morgan fingerprint density at radius 2 is 2.00 bits per heavy atom. The monoisotopic (exact) mass is 203 g/mol. The molecule has 0 saturated carbocycles. The van der Waals surface area contributed by atoms with Crippen LogP contribution in [0.2, 0.25) is 0 Å². The van der Waals surface area contributed by atoms with Crippen LogP contribution in [0.25, 0.3) is 0 Å². The van der Waals surface area contributed by atoms with Crippen LogP contribution in [0.15, 0.2) is 24.3 Å². The molecule has 1 N–H and O–H groups in total. The van der Waals surface area contributed by atoms with Gasteiger partial charge >= 0.3 is 29.6 Å². The molecular formula is C9H10NNaO3. The molecule has 0 unspecified atom stereocenters. The zero-order chi connectivity index (χ0) is 9.68. The third kappa shape index (κ3) is 4.11. The zero-order valence-electron chi connectivity index (χ0n) is 8.24. The number of carbonyl (C=O) groups excluding carboxylic acids is 1. The average Bonchev–Trinajstić information content (AvgIpc) is 2.15. The molecule has 0 saturated heterocycles. The van der Waals surface area contributed by atoms with E-state index in [4.69, 9.17) is 4.74 Å². The molecule has 0 aliphatic carbocycles. The van der Waals surface area contributed by atoms with Gasteiger partial charge < -0.3 is 20.0 Å². The van der Waals surface area contributed by atoms with Crippen molar-refractivity contribution in [2.75, 3.05) is 19.2 Å². The third-order valence-corrected chi connectivity index (χ3v) is 1.54. The number of anilines is 1. The van der Waals surface area contributed by atoms with Crippen LogP contribution in [0.5, 0.6) is 0 Å². The fourth-order valence-corrected chi connectivity index (χ4v) is 0.880. The van der Waals surface area contributed by atoms with Gasteiger partial charge in [-0.3, -0.25) is 0 Å². The number of methoxy groups -OCH3 is 1. The Morgan fingerprint density at radius 1 is 1.43 bits per heavy atom. The summed E-state index contributed by atoms with van der Waals surface area (Å²) >= 11 is 0. The standard InChI is InChI=1S/C9H11NO3.Na/c1-13-6-10-8-4-2-7(3-5-8)9(11)12;/h2-5,10H,6H2,1H3,(H,11,12);/q;+1/p-1. The van der Waals surface area contributed by atoms with Crippen LogP contribution in [0.1, 0.15) is 10.4 Å². The molecule has 0 amide bonds. The van der Waals surface area contributed by atoms with Gasteiger partial charge in [-0.1, -0.05) is 12.1 Å². The SMILES string of the molecule is COCNc1ccc(C(=O)[O-])cc1.[Na+]. The number of carboxylic acid groups (broad SMARTS) is 1. The third-order valence-electron chi connectivity index (χ3n) is 1.54. The second kappa shape index (κ2) is 6.84. The number of aromatic carboxylic acids is 1. The Kier molecular flexibility index (Phi) is 6.57. The summed E-state index contributed by atoms with van der Waals surface area (Å²) in [6.07, 6.45) is 0. The van der Waals surface area contributed by atoms with E-state index in [9.17, 15) is 9.90 Å². The first kappa shape index (κ1) is 13.4. The number of carbonyl (C=O) groups is 1. The van der Waals surface area contributed by atoms with E-state index in [1.807, 2.05) is 0 Å². The maximum atomic E-state index is 10.4. The van der Waals surface area contributed by atoms with E-state index in [2.05, 4.69) is 5.32 Å². The fraction of sp³-hybridized carbons (Fsp3) is 0.222. The second-order valence-corrected chi connectivity index (χ2v) is 2.47. The summed E-state index contributed by atoms with van der Waals surface area (Å²) in [5.74, 6) is -1.17. The first-order chi connectivity index (χ1) is 6.24. The molecule has 5 heteroatoms. The Morgan fingerprint density at radius 3 is 2.43 bits per heavy atom. The van der Waals surface area contributed by atoms with Crippen LogP contribution in [-0.4, -0.2) is 19.8 Å². The van der Waals surface area contributed by atoms with Crippen molar-refractivity contribution >= 4 is 11.7 Å². The van der Waals surface area contributed by atoms with Gasteiger partial charge in [-0.25, -0.2) is 0 Å². The van der Waals surface area contributed by atoms with Crippen molar-refractivity contribution in [3.63, 3.8) is 0 Å². The van der Waals surface area contributed by atoms with Crippen LogP contribution in [0.4, 0.5) is 5.69 Å². The van der Waals surface area contributed by atoms with Gasteiger partial charge in [0.1, 0.15) is 6.73 Å². The summed E-state index contributed by atoms with van der Waals surface area (Å²) in [6, 6.07) is 6.27. The first-order valence-corrected chi connectivity index (χ1v) is 3.78. The summed E-state index contributed by atoms with van der Waals surface area (Å²) in [4.78, 5) is 10.4. The van der Waals surface area contributed by atoms with Gasteiger partial charge in [0.15, 0.2) is 0 Å². The van der Waals surface area contributed by atoms with E-state index in [-0.39, 0.29) is 35.1 Å². The molecule has 1 aromatic rings. The van der Waals surface area contributed by atoms with Crippen LogP contribution in [0.3, 0.4) is 0 Å². The summed E-state index contributed by atoms with van der Waals surface area (Å²) in [7, 11) is 1.57. The molecule has 4 nitrogen and oxygen atoms in total. The molecule has 0 radical (unpaired) electrons. The minimum absolute atomic E-state index is 0. The smallest absolute Gasteiger partial charge is 0.545 e. The van der Waals surface area contributed by atoms with Crippen LogP contribution >= 0.6 is 0 Å². The quantitative estimate of drug-likeness (QED) is 0.420. The van der Waals surface area contributed by atoms with E-state index >= 15 is 0 Å². The molecule has 0 atom stereocenters. The van der Waals surface area contributed by atoms with Gasteiger partial charge in [-0.15, -0.1) is 0 Å². The number of carboxylic acids is 1. The molecule has 0 aromatic heterocycles. The normalized spacial score (nSPS) is 8.93. The number of nitrogens with one attached hydrogen (secondary N) is 1. The summed E-state index contributed by atoms with van der Waals surface area (Å²) < 4.78 is 4.78. The maximum Gasteiger partial charge on any atom is 1.00 e. The van der Waals surface area contributed by atoms with E-state index in [1.54, 1.807) is 19.2 Å². The zero-order valence-corrected chi connectivity index (χ0v) is 10.2. The summed E-state index contributed by atoms with van der Waals surface area (Å²) in [5, 5.41) is 13.3. The predicted octanol–water partition coefficient (Wildman–Crippen LogP) is -2.93. The van der Waals surface area contributed by atoms with Gasteiger partial charge in [-0.2, -0.15) is 0 Å². The predicted molar refractivity (Wildman–Crippen MR) is 46.3 cm³/mol. The van der Waals surface area contributed by atoms with Crippen molar-refractivity contribution in [3.05, 3.63) is 29.8 Å². The molecule has 0 heterocycles. The van der Waals surface area contributed by atoms with Gasteiger partial charge in [0.05, 0.1) is 5.97 Å². The molecule has 0 aliphatic heterocycles. The van der Waals surface area contributed by atoms with E-state index < -0.39 is 5.97 Å². The Hall–Kier alpha value is -0.550. The van der Waals surface area contributed by atoms with Crippen LogP contribution in [0, 0.1) is 0 Å². The molecule has 1 aromatic carbocycles. The molecule has 0 bridgehead atoms. The van der Waals surface area contributed by atoms with Gasteiger partial charge in [-0.05, 0) is 17.7 Å². The van der Waals surface area contributed by atoms with E-state index in [1.165, 1.54) is 12.1 Å². The van der Waals surface area contributed by atoms with Gasteiger partial charge in [0.2, 0.25) is 0 Å². The molecule has 0 fully saturated rings. The Labute approximate surface area is 105 Å². The molecule has 14 heavy (non-hydrogen) atoms. The number of rotatable bonds is 4. The largest absolute Gasteiger partial charge is 1.00 e. The summed E-state index contributed by atoms with van der Waals surface area (Å²) in [6.45, 7) is 0.394. The second-order valence-electron chi connectivity index (χ2n) is 2.47. The molecule has 1 rings (SSSR count). The van der Waals surface area contributed by atoms with Gasteiger partial charge in [0.25, 0.3) is 0 Å². The van der Waals surface area contributed by atoms with Crippen molar-refractivity contribution in [2.45, 2.75) is 0 Å². The summed E-state index contributed by atoms with van der Waals surface area (Å²) in [5.41, 5.74) is 0.981. The van der Waals surface area contributed by atoms with E-state index in [0.29, 0.717) is 6.73 Å². The molecular weight excluding hydrogens is 193 g/mol. The van der Waals surface area contributed by atoms with Gasteiger partial charge in [0, 0.05) is 12.8 Å².